The summed E-state index contributed by atoms with van der Waals surface area (Å²) in [5.41, 5.74) is 1.54. The molecule has 0 bridgehead atoms. The van der Waals surface area contributed by atoms with Gasteiger partial charge in [-0.05, 0) is 51.7 Å². The molecule has 1 aromatic heterocycles. The molecule has 1 atom stereocenters. The number of hydrogen-bond donors (Lipinski definition) is 2. The third-order valence-corrected chi connectivity index (χ3v) is 4.93. The number of aromatic nitrogens is 2. The van der Waals surface area contributed by atoms with Crippen molar-refractivity contribution in [2.75, 3.05) is 6.61 Å². The van der Waals surface area contributed by atoms with Gasteiger partial charge in [0, 0.05) is 0 Å². The van der Waals surface area contributed by atoms with Crippen molar-refractivity contribution in [2.45, 2.75) is 39.2 Å². The van der Waals surface area contributed by atoms with Crippen LogP contribution in [0, 0.1) is 19.8 Å². The molecule has 132 valence electrons. The van der Waals surface area contributed by atoms with Gasteiger partial charge in [0.05, 0.1) is 34.8 Å². The summed E-state index contributed by atoms with van der Waals surface area (Å²) < 4.78 is 1.67. The molecule has 1 heterocycles. The van der Waals surface area contributed by atoms with E-state index in [0.717, 1.165) is 18.5 Å². The Bertz CT molecular complexity index is 809. The molecule has 1 amide bonds. The lowest BCUT2D eigenvalue weighted by Gasteiger charge is -2.28. The van der Waals surface area contributed by atoms with Gasteiger partial charge in [0.1, 0.15) is 0 Å². The maximum Gasteiger partial charge on any atom is 0.293 e. The zero-order chi connectivity index (χ0) is 18.2. The Labute approximate surface area is 146 Å². The van der Waals surface area contributed by atoms with E-state index in [2.05, 4.69) is 10.4 Å². The van der Waals surface area contributed by atoms with Crippen LogP contribution in [0.2, 0.25) is 0 Å². The van der Waals surface area contributed by atoms with Gasteiger partial charge >= 0.3 is 0 Å². The fourth-order valence-electron chi connectivity index (χ4n) is 3.21. The van der Waals surface area contributed by atoms with Crippen molar-refractivity contribution in [1.29, 1.82) is 0 Å². The van der Waals surface area contributed by atoms with Gasteiger partial charge in [-0.1, -0.05) is 18.2 Å². The standard InChI is InChI=1S/C19H23N3O3/c1-12-16(13(2)22(21-12)15-7-5-4-6-8-15)17(24)18(25)20-19(3,11-23)14-9-10-14/h4-8,14,23H,9-11H2,1-3H3,(H,20,25). The fraction of sp³-hybridized carbons (Fsp3) is 0.421. The molecule has 0 aliphatic heterocycles. The lowest BCUT2D eigenvalue weighted by atomic mass is 9.96. The highest BCUT2D eigenvalue weighted by atomic mass is 16.3. The number of nitrogens with zero attached hydrogens (tertiary/aromatic N) is 2. The predicted molar refractivity (Wildman–Crippen MR) is 93.7 cm³/mol. The SMILES string of the molecule is Cc1nn(-c2ccccc2)c(C)c1C(=O)C(=O)NC(C)(CO)C1CC1. The Morgan fingerprint density at radius 2 is 1.92 bits per heavy atom. The Hall–Kier alpha value is -2.47. The predicted octanol–water partition coefficient (Wildman–Crippen LogP) is 1.95. The van der Waals surface area contributed by atoms with Crippen LogP contribution in [0.4, 0.5) is 0 Å². The summed E-state index contributed by atoms with van der Waals surface area (Å²) >= 11 is 0. The molecule has 1 unspecified atom stereocenters. The molecule has 1 aliphatic carbocycles. The maximum absolute atomic E-state index is 12.7. The monoisotopic (exact) mass is 341 g/mol. The number of para-hydroxylation sites is 1. The molecule has 0 radical (unpaired) electrons. The summed E-state index contributed by atoms with van der Waals surface area (Å²) in [6.45, 7) is 5.10. The van der Waals surface area contributed by atoms with Gasteiger partial charge in [0.15, 0.2) is 0 Å². The summed E-state index contributed by atoms with van der Waals surface area (Å²) in [6, 6.07) is 9.47. The number of aryl methyl sites for hydroxylation is 1. The number of amides is 1. The van der Waals surface area contributed by atoms with E-state index in [4.69, 9.17) is 0 Å². The van der Waals surface area contributed by atoms with Gasteiger partial charge in [-0.25, -0.2) is 4.68 Å². The zero-order valence-corrected chi connectivity index (χ0v) is 14.7. The normalized spacial score (nSPS) is 16.3. The molecule has 2 aromatic rings. The van der Waals surface area contributed by atoms with E-state index in [1.165, 1.54) is 0 Å². The van der Waals surface area contributed by atoms with Crippen LogP contribution >= 0.6 is 0 Å². The molecule has 1 aliphatic rings. The average Bonchev–Trinajstić information content (AvgIpc) is 3.41. The summed E-state index contributed by atoms with van der Waals surface area (Å²) in [4.78, 5) is 25.2. The van der Waals surface area contributed by atoms with Crippen LogP contribution in [0.3, 0.4) is 0 Å². The van der Waals surface area contributed by atoms with Crippen LogP contribution in [-0.2, 0) is 4.79 Å². The smallest absolute Gasteiger partial charge is 0.293 e. The van der Waals surface area contributed by atoms with Crippen LogP contribution in [0.15, 0.2) is 30.3 Å². The molecule has 1 fully saturated rings. The topological polar surface area (TPSA) is 84.2 Å². The molecule has 2 N–H and O–H groups in total. The summed E-state index contributed by atoms with van der Waals surface area (Å²) in [5.74, 6) is -1.08. The summed E-state index contributed by atoms with van der Waals surface area (Å²) in [6.07, 6.45) is 1.91. The second kappa shape index (κ2) is 6.44. The van der Waals surface area contributed by atoms with Crippen molar-refractivity contribution in [3.63, 3.8) is 0 Å². The van der Waals surface area contributed by atoms with Gasteiger partial charge in [-0.2, -0.15) is 5.10 Å². The van der Waals surface area contributed by atoms with E-state index in [1.807, 2.05) is 30.3 Å². The Balaban J connectivity index is 1.87. The molecule has 6 nitrogen and oxygen atoms in total. The van der Waals surface area contributed by atoms with Gasteiger partial charge in [-0.15, -0.1) is 0 Å². The number of ketones is 1. The number of rotatable bonds is 6. The van der Waals surface area contributed by atoms with Crippen molar-refractivity contribution < 1.29 is 14.7 Å². The molecular weight excluding hydrogens is 318 g/mol. The molecule has 25 heavy (non-hydrogen) atoms. The maximum atomic E-state index is 12.7. The summed E-state index contributed by atoms with van der Waals surface area (Å²) in [5, 5.41) is 16.8. The second-order valence-corrected chi connectivity index (χ2v) is 6.93. The van der Waals surface area contributed by atoms with E-state index >= 15 is 0 Å². The number of aliphatic hydroxyl groups excluding tert-OH is 1. The fourth-order valence-corrected chi connectivity index (χ4v) is 3.21. The third-order valence-electron chi connectivity index (χ3n) is 4.93. The average molecular weight is 341 g/mol. The van der Waals surface area contributed by atoms with E-state index in [1.54, 1.807) is 25.5 Å². The van der Waals surface area contributed by atoms with E-state index < -0.39 is 17.2 Å². The van der Waals surface area contributed by atoms with Crippen molar-refractivity contribution in [3.8, 4) is 5.69 Å². The molecule has 0 spiro atoms. The zero-order valence-electron chi connectivity index (χ0n) is 14.7. The number of benzene rings is 1. The first-order chi connectivity index (χ1) is 11.9. The third kappa shape index (κ3) is 3.22. The Kier molecular flexibility index (Phi) is 4.47. The quantitative estimate of drug-likeness (QED) is 0.621. The molecule has 1 saturated carbocycles. The number of Topliss-reactive ketones (excluding diaryl/α,β-unsaturated/α-hetero) is 1. The highest BCUT2D eigenvalue weighted by Crippen LogP contribution is 2.39. The van der Waals surface area contributed by atoms with Gasteiger partial charge < -0.3 is 10.4 Å². The van der Waals surface area contributed by atoms with Gasteiger partial charge in [0.2, 0.25) is 0 Å². The number of carbonyl (C=O) groups excluding carboxylic acids is 2. The van der Waals surface area contributed by atoms with Crippen LogP contribution in [0.25, 0.3) is 5.69 Å². The van der Waals surface area contributed by atoms with E-state index in [-0.39, 0.29) is 12.5 Å². The van der Waals surface area contributed by atoms with Crippen molar-refractivity contribution in [3.05, 3.63) is 47.3 Å². The van der Waals surface area contributed by atoms with Crippen molar-refractivity contribution in [1.82, 2.24) is 15.1 Å². The minimum absolute atomic E-state index is 0.183. The van der Waals surface area contributed by atoms with E-state index in [9.17, 15) is 14.7 Å². The molecule has 6 heteroatoms. The number of nitrogens with one attached hydrogen (secondary N) is 1. The Morgan fingerprint density at radius 3 is 2.48 bits per heavy atom. The van der Waals surface area contributed by atoms with Crippen LogP contribution < -0.4 is 5.32 Å². The van der Waals surface area contributed by atoms with Crippen LogP contribution in [0.5, 0.6) is 0 Å². The van der Waals surface area contributed by atoms with Crippen molar-refractivity contribution in [2.24, 2.45) is 5.92 Å². The highest BCUT2D eigenvalue weighted by Gasteiger charge is 2.43. The Morgan fingerprint density at radius 1 is 1.28 bits per heavy atom. The minimum atomic E-state index is -0.746. The van der Waals surface area contributed by atoms with E-state index in [0.29, 0.717) is 17.0 Å². The number of hydrogen-bond acceptors (Lipinski definition) is 4. The minimum Gasteiger partial charge on any atom is -0.394 e. The first-order valence-corrected chi connectivity index (χ1v) is 8.46. The highest BCUT2D eigenvalue weighted by molar-refractivity contribution is 6.43. The van der Waals surface area contributed by atoms with Gasteiger partial charge in [-0.3, -0.25) is 9.59 Å². The molecule has 3 rings (SSSR count). The first-order valence-electron chi connectivity index (χ1n) is 8.46. The summed E-state index contributed by atoms with van der Waals surface area (Å²) in [7, 11) is 0. The molecular formula is C19H23N3O3. The molecule has 0 saturated heterocycles. The number of aliphatic hydroxyl groups is 1. The van der Waals surface area contributed by atoms with Gasteiger partial charge in [0.25, 0.3) is 11.7 Å². The first kappa shape index (κ1) is 17.4. The lowest BCUT2D eigenvalue weighted by Crippen LogP contribution is -2.52. The van der Waals surface area contributed by atoms with Crippen LogP contribution in [0.1, 0.15) is 41.5 Å². The largest absolute Gasteiger partial charge is 0.394 e. The van der Waals surface area contributed by atoms with Crippen LogP contribution in [-0.4, -0.2) is 38.7 Å². The second-order valence-electron chi connectivity index (χ2n) is 6.93. The number of carbonyl (C=O) groups is 2. The lowest BCUT2D eigenvalue weighted by molar-refractivity contribution is -0.119. The van der Waals surface area contributed by atoms with Crippen molar-refractivity contribution >= 4 is 11.7 Å². The molecule has 1 aromatic carbocycles.